The van der Waals surface area contributed by atoms with Gasteiger partial charge in [-0.05, 0) is 35.4 Å². The van der Waals surface area contributed by atoms with E-state index in [1.54, 1.807) is 42.5 Å². The zero-order chi connectivity index (χ0) is 19.9. The number of hydrogen-bond donors (Lipinski definition) is 3. The molecule has 1 heterocycles. The molecule has 28 heavy (non-hydrogen) atoms. The van der Waals surface area contributed by atoms with E-state index in [2.05, 4.69) is 10.6 Å². The Balaban J connectivity index is 1.50. The van der Waals surface area contributed by atoms with Crippen LogP contribution >= 0.6 is 0 Å². The number of aliphatic carboxylic acids is 1. The summed E-state index contributed by atoms with van der Waals surface area (Å²) in [6.07, 6.45) is 0.695. The van der Waals surface area contributed by atoms with E-state index >= 15 is 0 Å². The predicted molar refractivity (Wildman–Crippen MR) is 99.1 cm³/mol. The highest BCUT2D eigenvalue weighted by atomic mass is 16.5. The fourth-order valence-corrected chi connectivity index (χ4v) is 2.78. The van der Waals surface area contributed by atoms with Crippen molar-refractivity contribution in [2.24, 2.45) is 0 Å². The smallest absolute Gasteiger partial charge is 0.330 e. The van der Waals surface area contributed by atoms with Crippen molar-refractivity contribution < 1.29 is 29.0 Å². The molecular weight excluding hydrogens is 364 g/mol. The average molecular weight is 384 g/mol. The van der Waals surface area contributed by atoms with Crippen molar-refractivity contribution in [1.29, 1.82) is 0 Å². The zero-order valence-corrected chi connectivity index (χ0v) is 15.0. The molecule has 0 saturated carbocycles. The van der Waals surface area contributed by atoms with E-state index < -0.39 is 23.8 Å². The highest BCUT2D eigenvalue weighted by Gasteiger charge is 2.24. The second-order valence-corrected chi connectivity index (χ2v) is 6.18. The first-order valence-electron chi connectivity index (χ1n) is 8.75. The third-order valence-corrected chi connectivity index (χ3v) is 4.16. The van der Waals surface area contributed by atoms with Crippen molar-refractivity contribution >= 4 is 17.8 Å². The minimum absolute atomic E-state index is 0.246. The van der Waals surface area contributed by atoms with Crippen LogP contribution in [0.4, 0.5) is 0 Å². The summed E-state index contributed by atoms with van der Waals surface area (Å²) in [5, 5.41) is 14.3. The molecule has 0 bridgehead atoms. The van der Waals surface area contributed by atoms with Gasteiger partial charge in [-0.25, -0.2) is 4.79 Å². The Morgan fingerprint density at radius 2 is 1.89 bits per heavy atom. The Morgan fingerprint density at radius 3 is 2.64 bits per heavy atom. The van der Waals surface area contributed by atoms with Gasteiger partial charge in [0.05, 0.1) is 13.2 Å². The SMILES string of the molecule is O=C(COc1ccccc1)NCC(=O)NC(C(=O)O)c1ccc2c(c1)CCO2. The van der Waals surface area contributed by atoms with Crippen LogP contribution in [0.5, 0.6) is 11.5 Å². The van der Waals surface area contributed by atoms with E-state index in [0.717, 1.165) is 11.3 Å². The monoisotopic (exact) mass is 384 g/mol. The van der Waals surface area contributed by atoms with Crippen molar-refractivity contribution in [3.05, 3.63) is 59.7 Å². The number of benzene rings is 2. The molecule has 8 heteroatoms. The molecule has 1 aliphatic heterocycles. The van der Waals surface area contributed by atoms with Crippen LogP contribution in [-0.2, 0) is 20.8 Å². The number of amides is 2. The third-order valence-electron chi connectivity index (χ3n) is 4.16. The lowest BCUT2D eigenvalue weighted by atomic mass is 10.0. The summed E-state index contributed by atoms with van der Waals surface area (Å²) >= 11 is 0. The van der Waals surface area contributed by atoms with Crippen LogP contribution in [0, 0.1) is 0 Å². The molecule has 0 aliphatic carbocycles. The van der Waals surface area contributed by atoms with Gasteiger partial charge in [-0.15, -0.1) is 0 Å². The van der Waals surface area contributed by atoms with Crippen molar-refractivity contribution in [3.8, 4) is 11.5 Å². The van der Waals surface area contributed by atoms with Crippen molar-refractivity contribution in [3.63, 3.8) is 0 Å². The first kappa shape index (κ1) is 19.2. The average Bonchev–Trinajstić information content (AvgIpc) is 3.17. The summed E-state index contributed by atoms with van der Waals surface area (Å²) in [5.41, 5.74) is 1.35. The second-order valence-electron chi connectivity index (χ2n) is 6.18. The number of carbonyl (C=O) groups excluding carboxylic acids is 2. The number of hydrogen-bond acceptors (Lipinski definition) is 5. The Bertz CT molecular complexity index is 868. The van der Waals surface area contributed by atoms with Crippen molar-refractivity contribution in [2.45, 2.75) is 12.5 Å². The fraction of sp³-hybridized carbons (Fsp3) is 0.250. The maximum atomic E-state index is 12.1. The van der Waals surface area contributed by atoms with Crippen LogP contribution in [0.25, 0.3) is 0 Å². The first-order chi connectivity index (χ1) is 13.5. The van der Waals surface area contributed by atoms with E-state index in [1.165, 1.54) is 0 Å². The van der Waals surface area contributed by atoms with E-state index in [-0.39, 0.29) is 13.2 Å². The maximum Gasteiger partial charge on any atom is 0.330 e. The van der Waals surface area contributed by atoms with Crippen LogP contribution < -0.4 is 20.1 Å². The summed E-state index contributed by atoms with van der Waals surface area (Å²) < 4.78 is 10.7. The van der Waals surface area contributed by atoms with E-state index in [1.807, 2.05) is 6.07 Å². The summed E-state index contributed by atoms with van der Waals surface area (Å²) in [7, 11) is 0. The van der Waals surface area contributed by atoms with E-state index in [0.29, 0.717) is 24.3 Å². The molecule has 2 aromatic carbocycles. The topological polar surface area (TPSA) is 114 Å². The van der Waals surface area contributed by atoms with Crippen LogP contribution in [-0.4, -0.2) is 42.6 Å². The van der Waals surface area contributed by atoms with E-state index in [4.69, 9.17) is 9.47 Å². The normalized spacial score (nSPS) is 13.0. The molecule has 146 valence electrons. The minimum Gasteiger partial charge on any atom is -0.493 e. The molecule has 1 aliphatic rings. The molecule has 8 nitrogen and oxygen atoms in total. The summed E-state index contributed by atoms with van der Waals surface area (Å²) in [6.45, 7) is -0.0424. The molecule has 0 saturated heterocycles. The van der Waals surface area contributed by atoms with Crippen molar-refractivity contribution in [2.75, 3.05) is 19.8 Å². The van der Waals surface area contributed by atoms with Crippen LogP contribution in [0.3, 0.4) is 0 Å². The summed E-state index contributed by atoms with van der Waals surface area (Å²) in [6, 6.07) is 12.6. The number of fused-ring (bicyclic) bond motifs is 1. The molecule has 3 N–H and O–H groups in total. The number of rotatable bonds is 8. The summed E-state index contributed by atoms with van der Waals surface area (Å²) in [5.74, 6) is -1.03. The predicted octanol–water partition coefficient (Wildman–Crippen LogP) is 1.06. The Kier molecular flexibility index (Phi) is 6.11. The second kappa shape index (κ2) is 8.90. The zero-order valence-electron chi connectivity index (χ0n) is 15.0. The number of ether oxygens (including phenoxy) is 2. The number of nitrogens with one attached hydrogen (secondary N) is 2. The molecular formula is C20H20N2O6. The third kappa shape index (κ3) is 5.00. The fourth-order valence-electron chi connectivity index (χ4n) is 2.78. The standard InChI is InChI=1S/C20H20N2O6/c23-17(11-21-18(24)12-28-15-4-2-1-3-5-15)22-19(20(25)26)14-6-7-16-13(10-14)8-9-27-16/h1-7,10,19H,8-9,11-12H2,(H,21,24)(H,22,23)(H,25,26). The van der Waals surface area contributed by atoms with Gasteiger partial charge in [-0.1, -0.05) is 24.3 Å². The number of carbonyl (C=O) groups is 3. The van der Waals surface area contributed by atoms with Gasteiger partial charge in [-0.2, -0.15) is 0 Å². The molecule has 2 aromatic rings. The van der Waals surface area contributed by atoms with Crippen molar-refractivity contribution in [1.82, 2.24) is 10.6 Å². The molecule has 2 amide bonds. The molecule has 0 radical (unpaired) electrons. The highest BCUT2D eigenvalue weighted by Crippen LogP contribution is 2.28. The first-order valence-corrected chi connectivity index (χ1v) is 8.75. The Labute approximate surface area is 161 Å². The minimum atomic E-state index is -1.21. The molecule has 1 atom stereocenters. The quantitative estimate of drug-likeness (QED) is 0.627. The van der Waals surface area contributed by atoms with Gasteiger partial charge in [0.2, 0.25) is 5.91 Å². The lowest BCUT2D eigenvalue weighted by Gasteiger charge is -2.16. The van der Waals surface area contributed by atoms with Gasteiger partial charge in [0.15, 0.2) is 12.6 Å². The van der Waals surface area contributed by atoms with Gasteiger partial charge >= 0.3 is 5.97 Å². The van der Waals surface area contributed by atoms with Gasteiger partial charge in [0.1, 0.15) is 11.5 Å². The lowest BCUT2D eigenvalue weighted by molar-refractivity contribution is -0.142. The van der Waals surface area contributed by atoms with Gasteiger partial charge in [0.25, 0.3) is 5.91 Å². The highest BCUT2D eigenvalue weighted by molar-refractivity contribution is 5.88. The van der Waals surface area contributed by atoms with Crippen LogP contribution in [0.2, 0.25) is 0 Å². The maximum absolute atomic E-state index is 12.1. The van der Waals surface area contributed by atoms with Crippen LogP contribution in [0.1, 0.15) is 17.2 Å². The molecule has 0 spiro atoms. The molecule has 0 fully saturated rings. The van der Waals surface area contributed by atoms with Gasteiger partial charge < -0.3 is 25.2 Å². The Hall–Kier alpha value is -3.55. The number of carboxylic acid groups (broad SMARTS) is 1. The van der Waals surface area contributed by atoms with Gasteiger partial charge in [-0.3, -0.25) is 9.59 Å². The molecule has 0 aromatic heterocycles. The Morgan fingerprint density at radius 1 is 1.11 bits per heavy atom. The lowest BCUT2D eigenvalue weighted by Crippen LogP contribution is -2.42. The van der Waals surface area contributed by atoms with E-state index in [9.17, 15) is 19.5 Å². The number of para-hydroxylation sites is 1. The number of carboxylic acids is 1. The molecule has 3 rings (SSSR count). The van der Waals surface area contributed by atoms with Gasteiger partial charge in [0, 0.05) is 6.42 Å². The molecule has 1 unspecified atom stereocenters. The summed E-state index contributed by atoms with van der Waals surface area (Å²) in [4.78, 5) is 35.5. The van der Waals surface area contributed by atoms with Crippen LogP contribution in [0.15, 0.2) is 48.5 Å². The largest absolute Gasteiger partial charge is 0.493 e.